The first-order valence-electron chi connectivity index (χ1n) is 6.94. The Morgan fingerprint density at radius 2 is 1.80 bits per heavy atom. The van der Waals surface area contributed by atoms with Gasteiger partial charge in [0.15, 0.2) is 0 Å². The lowest BCUT2D eigenvalue weighted by atomic mass is 10.2. The molecule has 0 saturated heterocycles. The Bertz CT molecular complexity index is 525. The molecule has 0 atom stereocenters. The molecule has 0 unspecified atom stereocenters. The van der Waals surface area contributed by atoms with Crippen molar-refractivity contribution in [1.29, 1.82) is 0 Å². The van der Waals surface area contributed by atoms with E-state index < -0.39 is 0 Å². The Hall–Kier alpha value is -1.45. The summed E-state index contributed by atoms with van der Waals surface area (Å²) < 4.78 is 5.19. The molecule has 0 saturated carbocycles. The highest BCUT2D eigenvalue weighted by atomic mass is 32.2. The molecular formula is C17H21NOS. The molecular weight excluding hydrogens is 266 g/mol. The summed E-state index contributed by atoms with van der Waals surface area (Å²) >= 11 is 1.80. The fourth-order valence-electron chi connectivity index (χ4n) is 1.92. The van der Waals surface area contributed by atoms with Crippen molar-refractivity contribution in [3.05, 3.63) is 54.1 Å². The van der Waals surface area contributed by atoms with Gasteiger partial charge in [0.2, 0.25) is 0 Å². The SMILES string of the molecule is CCCNCc1ccccc1Sc1ccc(OC)cc1. The third kappa shape index (κ3) is 4.29. The molecule has 0 aliphatic carbocycles. The molecule has 0 radical (unpaired) electrons. The zero-order valence-corrected chi connectivity index (χ0v) is 12.9. The van der Waals surface area contributed by atoms with Crippen molar-refractivity contribution in [3.63, 3.8) is 0 Å². The molecule has 0 spiro atoms. The first kappa shape index (κ1) is 14.9. The van der Waals surface area contributed by atoms with Crippen LogP contribution in [0.4, 0.5) is 0 Å². The molecule has 0 bridgehead atoms. The Balaban J connectivity index is 2.07. The third-order valence-corrected chi connectivity index (χ3v) is 4.13. The fraction of sp³-hybridized carbons (Fsp3) is 0.294. The van der Waals surface area contributed by atoms with Crippen molar-refractivity contribution in [2.24, 2.45) is 0 Å². The molecule has 106 valence electrons. The standard InChI is InChI=1S/C17H21NOS/c1-3-12-18-13-14-6-4-5-7-17(14)20-16-10-8-15(19-2)9-11-16/h4-11,18H,3,12-13H2,1-2H3. The summed E-state index contributed by atoms with van der Waals surface area (Å²) in [5.41, 5.74) is 1.35. The van der Waals surface area contributed by atoms with Crippen molar-refractivity contribution in [1.82, 2.24) is 5.32 Å². The summed E-state index contributed by atoms with van der Waals surface area (Å²) in [4.78, 5) is 2.54. The van der Waals surface area contributed by atoms with Crippen LogP contribution in [0.2, 0.25) is 0 Å². The van der Waals surface area contributed by atoms with Gasteiger partial charge in [0.05, 0.1) is 7.11 Å². The minimum absolute atomic E-state index is 0.896. The Morgan fingerprint density at radius 1 is 1.05 bits per heavy atom. The molecule has 0 fully saturated rings. The maximum absolute atomic E-state index is 5.19. The van der Waals surface area contributed by atoms with Crippen LogP contribution < -0.4 is 10.1 Å². The van der Waals surface area contributed by atoms with E-state index in [1.54, 1.807) is 18.9 Å². The first-order chi connectivity index (χ1) is 9.83. The van der Waals surface area contributed by atoms with Gasteiger partial charge in [-0.3, -0.25) is 0 Å². The number of rotatable bonds is 7. The van der Waals surface area contributed by atoms with E-state index in [9.17, 15) is 0 Å². The molecule has 0 aromatic heterocycles. The smallest absolute Gasteiger partial charge is 0.118 e. The molecule has 0 aliphatic heterocycles. The van der Waals surface area contributed by atoms with E-state index in [2.05, 4.69) is 48.6 Å². The fourth-order valence-corrected chi connectivity index (χ4v) is 2.86. The van der Waals surface area contributed by atoms with Crippen LogP contribution in [0.1, 0.15) is 18.9 Å². The van der Waals surface area contributed by atoms with Crippen LogP contribution in [0.5, 0.6) is 5.75 Å². The summed E-state index contributed by atoms with van der Waals surface area (Å²) in [5, 5.41) is 3.46. The number of hydrogen-bond donors (Lipinski definition) is 1. The van der Waals surface area contributed by atoms with Gasteiger partial charge in [-0.2, -0.15) is 0 Å². The van der Waals surface area contributed by atoms with Gasteiger partial charge in [-0.15, -0.1) is 0 Å². The predicted octanol–water partition coefficient (Wildman–Crippen LogP) is 4.35. The highest BCUT2D eigenvalue weighted by Crippen LogP contribution is 2.31. The van der Waals surface area contributed by atoms with Crippen molar-refractivity contribution in [2.45, 2.75) is 29.7 Å². The lowest BCUT2D eigenvalue weighted by Gasteiger charge is -2.10. The Morgan fingerprint density at radius 3 is 2.50 bits per heavy atom. The van der Waals surface area contributed by atoms with Crippen LogP contribution in [-0.2, 0) is 6.54 Å². The number of nitrogens with one attached hydrogen (secondary N) is 1. The van der Waals surface area contributed by atoms with Crippen molar-refractivity contribution >= 4 is 11.8 Å². The second-order valence-electron chi connectivity index (χ2n) is 4.56. The average Bonchev–Trinajstić information content (AvgIpc) is 2.50. The van der Waals surface area contributed by atoms with Crippen molar-refractivity contribution < 1.29 is 4.74 Å². The van der Waals surface area contributed by atoms with Crippen LogP contribution in [0.15, 0.2) is 58.3 Å². The predicted molar refractivity (Wildman–Crippen MR) is 85.6 cm³/mol. The minimum atomic E-state index is 0.896. The van der Waals surface area contributed by atoms with E-state index in [1.807, 2.05) is 12.1 Å². The van der Waals surface area contributed by atoms with Gasteiger partial charge in [0.25, 0.3) is 0 Å². The van der Waals surface area contributed by atoms with Crippen LogP contribution >= 0.6 is 11.8 Å². The summed E-state index contributed by atoms with van der Waals surface area (Å²) in [6.07, 6.45) is 1.16. The molecule has 20 heavy (non-hydrogen) atoms. The van der Waals surface area contributed by atoms with E-state index in [4.69, 9.17) is 4.74 Å². The second kappa shape index (κ2) is 7.98. The van der Waals surface area contributed by atoms with Gasteiger partial charge >= 0.3 is 0 Å². The summed E-state index contributed by atoms with van der Waals surface area (Å²) in [5.74, 6) is 0.896. The van der Waals surface area contributed by atoms with Crippen molar-refractivity contribution in [3.8, 4) is 5.75 Å². The van der Waals surface area contributed by atoms with E-state index in [0.29, 0.717) is 0 Å². The molecule has 0 heterocycles. The van der Waals surface area contributed by atoms with Crippen LogP contribution in [-0.4, -0.2) is 13.7 Å². The number of methoxy groups -OCH3 is 1. The molecule has 2 aromatic carbocycles. The number of benzene rings is 2. The van der Waals surface area contributed by atoms with Crippen LogP contribution in [0, 0.1) is 0 Å². The van der Waals surface area contributed by atoms with E-state index >= 15 is 0 Å². The average molecular weight is 287 g/mol. The molecule has 2 nitrogen and oxygen atoms in total. The van der Waals surface area contributed by atoms with Gasteiger partial charge in [0.1, 0.15) is 5.75 Å². The minimum Gasteiger partial charge on any atom is -0.497 e. The molecule has 2 rings (SSSR count). The monoisotopic (exact) mass is 287 g/mol. The molecule has 0 amide bonds. The van der Waals surface area contributed by atoms with Gasteiger partial charge < -0.3 is 10.1 Å². The Labute approximate surface area is 125 Å². The lowest BCUT2D eigenvalue weighted by molar-refractivity contribution is 0.414. The molecule has 3 heteroatoms. The van der Waals surface area contributed by atoms with E-state index in [-0.39, 0.29) is 0 Å². The quantitative estimate of drug-likeness (QED) is 0.765. The highest BCUT2D eigenvalue weighted by molar-refractivity contribution is 7.99. The zero-order valence-electron chi connectivity index (χ0n) is 12.1. The summed E-state index contributed by atoms with van der Waals surface area (Å²) in [7, 11) is 1.69. The maximum Gasteiger partial charge on any atom is 0.118 e. The topological polar surface area (TPSA) is 21.3 Å². The number of ether oxygens (including phenoxy) is 1. The maximum atomic E-state index is 5.19. The molecule has 1 N–H and O–H groups in total. The summed E-state index contributed by atoms with van der Waals surface area (Å²) in [6, 6.07) is 16.8. The Kier molecular flexibility index (Phi) is 5.96. The number of hydrogen-bond acceptors (Lipinski definition) is 3. The van der Waals surface area contributed by atoms with Gasteiger partial charge in [-0.1, -0.05) is 36.9 Å². The van der Waals surface area contributed by atoms with Gasteiger partial charge in [-0.25, -0.2) is 0 Å². The molecule has 0 aliphatic rings. The zero-order chi connectivity index (χ0) is 14.2. The van der Waals surface area contributed by atoms with Crippen LogP contribution in [0.25, 0.3) is 0 Å². The normalized spacial score (nSPS) is 10.5. The highest BCUT2D eigenvalue weighted by Gasteiger charge is 2.04. The lowest BCUT2D eigenvalue weighted by Crippen LogP contribution is -2.14. The van der Waals surface area contributed by atoms with Crippen LogP contribution in [0.3, 0.4) is 0 Å². The van der Waals surface area contributed by atoms with E-state index in [0.717, 1.165) is 25.3 Å². The van der Waals surface area contributed by atoms with Crippen molar-refractivity contribution in [2.75, 3.05) is 13.7 Å². The molecule has 2 aromatic rings. The van der Waals surface area contributed by atoms with E-state index in [1.165, 1.54) is 15.4 Å². The third-order valence-electron chi connectivity index (χ3n) is 3.00. The first-order valence-corrected chi connectivity index (χ1v) is 7.75. The largest absolute Gasteiger partial charge is 0.497 e. The van der Waals surface area contributed by atoms with Gasteiger partial charge in [-0.05, 0) is 48.9 Å². The second-order valence-corrected chi connectivity index (χ2v) is 5.68. The summed E-state index contributed by atoms with van der Waals surface area (Å²) in [6.45, 7) is 4.17. The van der Waals surface area contributed by atoms with Gasteiger partial charge in [0, 0.05) is 16.3 Å².